The SMILES string of the molecule is CC(C)CC(NC(=O)C1CC(=O)N(c2ccc3c(c2)OCO3)C1)C(=O)NC(C)C(=O)O. The van der Waals surface area contributed by atoms with Crippen LogP contribution in [0.25, 0.3) is 0 Å². The van der Waals surface area contributed by atoms with Crippen molar-refractivity contribution in [2.75, 3.05) is 18.2 Å². The summed E-state index contributed by atoms with van der Waals surface area (Å²) in [5.74, 6) is -1.74. The number of anilines is 1. The smallest absolute Gasteiger partial charge is 0.325 e. The maximum absolute atomic E-state index is 12.8. The van der Waals surface area contributed by atoms with Gasteiger partial charge in [0.05, 0.1) is 5.92 Å². The van der Waals surface area contributed by atoms with Crippen LogP contribution in [0, 0.1) is 11.8 Å². The normalized spacial score (nSPS) is 19.3. The Labute approximate surface area is 179 Å². The molecule has 3 rings (SSSR count). The molecule has 1 aromatic carbocycles. The van der Waals surface area contributed by atoms with E-state index in [9.17, 15) is 19.2 Å². The molecule has 1 aromatic rings. The van der Waals surface area contributed by atoms with Crippen LogP contribution in [0.5, 0.6) is 11.5 Å². The van der Waals surface area contributed by atoms with Crippen LogP contribution in [0.2, 0.25) is 0 Å². The zero-order valence-electron chi connectivity index (χ0n) is 17.7. The molecule has 168 valence electrons. The number of nitrogens with zero attached hydrogens (tertiary/aromatic N) is 1. The van der Waals surface area contributed by atoms with Crippen LogP contribution in [0.4, 0.5) is 5.69 Å². The first-order valence-corrected chi connectivity index (χ1v) is 10.2. The molecule has 2 aliphatic rings. The second kappa shape index (κ2) is 9.23. The van der Waals surface area contributed by atoms with E-state index in [-0.39, 0.29) is 31.6 Å². The van der Waals surface area contributed by atoms with Crippen molar-refractivity contribution in [2.45, 2.75) is 45.7 Å². The topological polar surface area (TPSA) is 134 Å². The fraction of sp³-hybridized carbons (Fsp3) is 0.524. The zero-order chi connectivity index (χ0) is 22.7. The number of benzene rings is 1. The highest BCUT2D eigenvalue weighted by molar-refractivity contribution is 6.01. The molecule has 0 aromatic heterocycles. The van der Waals surface area contributed by atoms with Gasteiger partial charge in [-0.25, -0.2) is 0 Å². The van der Waals surface area contributed by atoms with Gasteiger partial charge in [0.2, 0.25) is 24.5 Å². The molecule has 0 spiro atoms. The van der Waals surface area contributed by atoms with Crippen molar-refractivity contribution in [3.8, 4) is 11.5 Å². The van der Waals surface area contributed by atoms with Crippen LogP contribution in [-0.4, -0.2) is 54.2 Å². The summed E-state index contributed by atoms with van der Waals surface area (Å²) in [4.78, 5) is 50.4. The summed E-state index contributed by atoms with van der Waals surface area (Å²) >= 11 is 0. The molecule has 1 saturated heterocycles. The highest BCUT2D eigenvalue weighted by atomic mass is 16.7. The van der Waals surface area contributed by atoms with Gasteiger partial charge in [-0.15, -0.1) is 0 Å². The Hall–Kier alpha value is -3.30. The summed E-state index contributed by atoms with van der Waals surface area (Å²) in [6.07, 6.45) is 0.359. The Bertz CT molecular complexity index is 886. The fourth-order valence-corrected chi connectivity index (χ4v) is 3.55. The number of amides is 3. The van der Waals surface area contributed by atoms with E-state index in [2.05, 4.69) is 10.6 Å². The second-order valence-corrected chi connectivity index (χ2v) is 8.20. The Kier molecular flexibility index (Phi) is 6.67. The molecule has 3 unspecified atom stereocenters. The van der Waals surface area contributed by atoms with Crippen molar-refractivity contribution in [3.05, 3.63) is 18.2 Å². The second-order valence-electron chi connectivity index (χ2n) is 8.20. The van der Waals surface area contributed by atoms with Gasteiger partial charge in [-0.3, -0.25) is 19.2 Å². The number of nitrogens with one attached hydrogen (secondary N) is 2. The third-order valence-corrected chi connectivity index (χ3v) is 5.23. The Morgan fingerprint density at radius 3 is 2.55 bits per heavy atom. The summed E-state index contributed by atoms with van der Waals surface area (Å²) in [7, 11) is 0. The average molecular weight is 433 g/mol. The molecular weight excluding hydrogens is 406 g/mol. The number of fused-ring (bicyclic) bond motifs is 1. The van der Waals surface area contributed by atoms with E-state index < -0.39 is 35.8 Å². The lowest BCUT2D eigenvalue weighted by Crippen LogP contribution is -2.52. The van der Waals surface area contributed by atoms with Crippen LogP contribution < -0.4 is 25.0 Å². The Balaban J connectivity index is 1.66. The van der Waals surface area contributed by atoms with Crippen LogP contribution in [0.1, 0.15) is 33.6 Å². The number of carboxylic acid groups (broad SMARTS) is 1. The number of ether oxygens (including phenoxy) is 2. The maximum Gasteiger partial charge on any atom is 0.325 e. The van der Waals surface area contributed by atoms with E-state index in [1.54, 1.807) is 18.2 Å². The van der Waals surface area contributed by atoms with Crippen molar-refractivity contribution in [3.63, 3.8) is 0 Å². The molecule has 1 fully saturated rings. The highest BCUT2D eigenvalue weighted by Crippen LogP contribution is 2.37. The lowest BCUT2D eigenvalue weighted by atomic mass is 10.0. The number of rotatable bonds is 8. The van der Waals surface area contributed by atoms with Crippen LogP contribution in [-0.2, 0) is 19.2 Å². The van der Waals surface area contributed by atoms with E-state index in [4.69, 9.17) is 14.6 Å². The first kappa shape index (κ1) is 22.4. The van der Waals surface area contributed by atoms with Crippen molar-refractivity contribution < 1.29 is 33.8 Å². The zero-order valence-corrected chi connectivity index (χ0v) is 17.7. The molecule has 0 aliphatic carbocycles. The minimum Gasteiger partial charge on any atom is -0.480 e. The number of hydrogen-bond acceptors (Lipinski definition) is 6. The molecule has 2 heterocycles. The van der Waals surface area contributed by atoms with E-state index >= 15 is 0 Å². The molecular formula is C21H27N3O7. The molecule has 10 nitrogen and oxygen atoms in total. The van der Waals surface area contributed by atoms with Crippen molar-refractivity contribution in [1.29, 1.82) is 0 Å². The van der Waals surface area contributed by atoms with Crippen molar-refractivity contribution in [2.24, 2.45) is 11.8 Å². The summed E-state index contributed by atoms with van der Waals surface area (Å²) in [5, 5.41) is 14.1. The fourth-order valence-electron chi connectivity index (χ4n) is 3.55. The van der Waals surface area contributed by atoms with Crippen LogP contribution in [0.3, 0.4) is 0 Å². The molecule has 3 N–H and O–H groups in total. The Morgan fingerprint density at radius 2 is 1.87 bits per heavy atom. The van der Waals surface area contributed by atoms with Gasteiger partial charge in [-0.1, -0.05) is 13.8 Å². The van der Waals surface area contributed by atoms with Gasteiger partial charge in [0.25, 0.3) is 0 Å². The van der Waals surface area contributed by atoms with Gasteiger partial charge in [-0.2, -0.15) is 0 Å². The summed E-state index contributed by atoms with van der Waals surface area (Å²) in [6.45, 7) is 5.44. The lowest BCUT2D eigenvalue weighted by molar-refractivity contribution is -0.141. The molecule has 2 aliphatic heterocycles. The number of hydrogen-bond donors (Lipinski definition) is 3. The number of carbonyl (C=O) groups is 4. The standard InChI is InChI=1S/C21H27N3O7/c1-11(2)6-15(20(27)22-12(3)21(28)29)23-19(26)13-7-18(25)24(9-13)14-4-5-16-17(8-14)31-10-30-16/h4-5,8,11-13,15H,6-7,9-10H2,1-3H3,(H,22,27)(H,23,26)(H,28,29). The molecule has 0 bridgehead atoms. The predicted octanol–water partition coefficient (Wildman–Crippen LogP) is 0.888. The first-order chi connectivity index (χ1) is 14.7. The van der Waals surface area contributed by atoms with E-state index in [1.807, 2.05) is 13.8 Å². The molecule has 3 amide bonds. The lowest BCUT2D eigenvalue weighted by Gasteiger charge is -2.23. The van der Waals surface area contributed by atoms with Gasteiger partial charge in [0, 0.05) is 24.7 Å². The molecule has 0 radical (unpaired) electrons. The van der Waals surface area contributed by atoms with Gasteiger partial charge in [0.15, 0.2) is 11.5 Å². The van der Waals surface area contributed by atoms with E-state index in [0.29, 0.717) is 23.6 Å². The molecule has 31 heavy (non-hydrogen) atoms. The molecule has 3 atom stereocenters. The maximum atomic E-state index is 12.8. The summed E-state index contributed by atoms with van der Waals surface area (Å²) in [6, 6.07) is 3.18. The highest BCUT2D eigenvalue weighted by Gasteiger charge is 2.37. The third-order valence-electron chi connectivity index (χ3n) is 5.23. The summed E-state index contributed by atoms with van der Waals surface area (Å²) < 4.78 is 10.6. The van der Waals surface area contributed by atoms with E-state index in [1.165, 1.54) is 11.8 Å². The third kappa shape index (κ3) is 5.25. The van der Waals surface area contributed by atoms with Gasteiger partial charge >= 0.3 is 5.97 Å². The van der Waals surface area contributed by atoms with Crippen molar-refractivity contribution in [1.82, 2.24) is 10.6 Å². The monoisotopic (exact) mass is 433 g/mol. The van der Waals surface area contributed by atoms with Gasteiger partial charge < -0.3 is 30.1 Å². The summed E-state index contributed by atoms with van der Waals surface area (Å²) in [5.41, 5.74) is 0.608. The molecule has 10 heteroatoms. The quantitative estimate of drug-likeness (QED) is 0.554. The first-order valence-electron chi connectivity index (χ1n) is 10.2. The van der Waals surface area contributed by atoms with Gasteiger partial charge in [0.1, 0.15) is 12.1 Å². The predicted molar refractivity (Wildman–Crippen MR) is 110 cm³/mol. The minimum atomic E-state index is -1.16. The van der Waals surface area contributed by atoms with Crippen LogP contribution in [0.15, 0.2) is 18.2 Å². The molecule has 0 saturated carbocycles. The van der Waals surface area contributed by atoms with Gasteiger partial charge in [-0.05, 0) is 31.4 Å². The van der Waals surface area contributed by atoms with E-state index in [0.717, 1.165) is 0 Å². The Morgan fingerprint density at radius 1 is 1.16 bits per heavy atom. The minimum absolute atomic E-state index is 0.0157. The van der Waals surface area contributed by atoms with Crippen LogP contribution >= 0.6 is 0 Å². The van der Waals surface area contributed by atoms with Crippen molar-refractivity contribution >= 4 is 29.4 Å². The largest absolute Gasteiger partial charge is 0.480 e. The number of aliphatic carboxylic acids is 1. The average Bonchev–Trinajstić information content (AvgIpc) is 3.32. The number of carbonyl (C=O) groups excluding carboxylic acids is 3. The number of carboxylic acids is 1.